The zero-order chi connectivity index (χ0) is 32.1. The van der Waals surface area contributed by atoms with Crippen LogP contribution in [0, 0.1) is 0 Å². The lowest BCUT2D eigenvalue weighted by molar-refractivity contribution is -0.142. The number of aromatic nitrogens is 1. The number of unbranched alkanes of at least 4 members (excludes halogenated alkanes) is 1. The molecule has 1 heterocycles. The quantitative estimate of drug-likeness (QED) is 0.0929. The van der Waals surface area contributed by atoms with Crippen molar-refractivity contribution in [1.82, 2.24) is 20.9 Å². The largest absolute Gasteiger partial charge is 0.480 e. The highest BCUT2D eigenvalue weighted by molar-refractivity contribution is 5.95. The third kappa shape index (κ3) is 10.2. The van der Waals surface area contributed by atoms with E-state index in [4.69, 9.17) is 17.2 Å². The van der Waals surface area contributed by atoms with Crippen LogP contribution in [0.3, 0.4) is 0 Å². The second-order valence-electron chi connectivity index (χ2n) is 10.7. The molecule has 4 unspecified atom stereocenters. The van der Waals surface area contributed by atoms with E-state index in [0.717, 1.165) is 22.0 Å². The maximum atomic E-state index is 13.8. The van der Waals surface area contributed by atoms with Gasteiger partial charge < -0.3 is 43.2 Å². The van der Waals surface area contributed by atoms with Crippen molar-refractivity contribution in [3.63, 3.8) is 0 Å². The summed E-state index contributed by atoms with van der Waals surface area (Å²) in [4.78, 5) is 66.5. The number of carbonyl (C=O) groups is 5. The highest BCUT2D eigenvalue weighted by atomic mass is 16.4. The zero-order valence-corrected chi connectivity index (χ0v) is 24.5. The number of nitrogens with two attached hydrogens (primary N) is 3. The van der Waals surface area contributed by atoms with Gasteiger partial charge in [0.2, 0.25) is 23.6 Å². The van der Waals surface area contributed by atoms with Gasteiger partial charge in [-0.3, -0.25) is 19.2 Å². The number of para-hydroxylation sites is 1. The van der Waals surface area contributed by atoms with Gasteiger partial charge in [0.05, 0.1) is 6.04 Å². The topological polar surface area (TPSA) is 236 Å². The van der Waals surface area contributed by atoms with Gasteiger partial charge in [-0.2, -0.15) is 0 Å². The first-order valence-corrected chi connectivity index (χ1v) is 14.6. The summed E-state index contributed by atoms with van der Waals surface area (Å²) in [6, 6.07) is 11.8. The number of rotatable bonds is 18. The van der Waals surface area contributed by atoms with Crippen LogP contribution < -0.4 is 33.2 Å². The van der Waals surface area contributed by atoms with Gasteiger partial charge >= 0.3 is 5.97 Å². The maximum Gasteiger partial charge on any atom is 0.326 e. The molecule has 0 saturated heterocycles. The SMILES string of the molecule is NCCCCC(NC(=O)C(Cc1ccccc1)NC(=O)C(Cc1c[nH]c2ccccc12)NC(=O)C(N)CCC(N)=O)C(=O)O. The van der Waals surface area contributed by atoms with Crippen LogP contribution in [0.4, 0.5) is 0 Å². The molecule has 0 aliphatic heterocycles. The average Bonchev–Trinajstić information content (AvgIpc) is 3.41. The molecule has 4 atom stereocenters. The first-order chi connectivity index (χ1) is 21.1. The number of hydrogen-bond acceptors (Lipinski definition) is 7. The van der Waals surface area contributed by atoms with Gasteiger partial charge in [0.25, 0.3) is 0 Å². The molecule has 3 aromatic rings. The van der Waals surface area contributed by atoms with Crippen LogP contribution in [0.2, 0.25) is 0 Å². The number of aliphatic carboxylic acids is 1. The highest BCUT2D eigenvalue weighted by Crippen LogP contribution is 2.19. The molecule has 0 aliphatic rings. The number of carbonyl (C=O) groups excluding carboxylic acids is 4. The lowest BCUT2D eigenvalue weighted by Crippen LogP contribution is -2.58. The number of primary amides is 1. The van der Waals surface area contributed by atoms with Gasteiger partial charge in [-0.1, -0.05) is 48.5 Å². The first-order valence-electron chi connectivity index (χ1n) is 14.6. The molecule has 3 rings (SSSR count). The molecule has 13 nitrogen and oxygen atoms in total. The summed E-state index contributed by atoms with van der Waals surface area (Å²) in [6.07, 6.45) is 3.01. The molecule has 4 amide bonds. The highest BCUT2D eigenvalue weighted by Gasteiger charge is 2.31. The van der Waals surface area contributed by atoms with Crippen molar-refractivity contribution >= 4 is 40.5 Å². The van der Waals surface area contributed by atoms with E-state index < -0.39 is 53.8 Å². The van der Waals surface area contributed by atoms with Crippen molar-refractivity contribution in [1.29, 1.82) is 0 Å². The maximum absolute atomic E-state index is 13.8. The van der Waals surface area contributed by atoms with Gasteiger partial charge in [-0.05, 0) is 49.4 Å². The molecule has 1 aromatic heterocycles. The monoisotopic (exact) mass is 607 g/mol. The van der Waals surface area contributed by atoms with Crippen LogP contribution in [-0.2, 0) is 36.8 Å². The second-order valence-corrected chi connectivity index (χ2v) is 10.7. The second kappa shape index (κ2) is 16.8. The molecule has 44 heavy (non-hydrogen) atoms. The molecule has 0 radical (unpaired) electrons. The van der Waals surface area contributed by atoms with E-state index in [1.807, 2.05) is 30.3 Å². The van der Waals surface area contributed by atoms with Crippen molar-refractivity contribution in [2.24, 2.45) is 17.2 Å². The Hall–Kier alpha value is -4.75. The van der Waals surface area contributed by atoms with Gasteiger partial charge in [0, 0.05) is 36.4 Å². The number of amides is 4. The number of H-pyrrole nitrogens is 1. The lowest BCUT2D eigenvalue weighted by Gasteiger charge is -2.25. The molecule has 11 N–H and O–H groups in total. The number of hydrogen-bond donors (Lipinski definition) is 8. The van der Waals surface area contributed by atoms with Crippen LogP contribution in [-0.4, -0.2) is 70.4 Å². The summed E-state index contributed by atoms with van der Waals surface area (Å²) >= 11 is 0. The molecule has 236 valence electrons. The van der Waals surface area contributed by atoms with Crippen molar-refractivity contribution in [3.05, 3.63) is 71.9 Å². The van der Waals surface area contributed by atoms with Gasteiger partial charge in [0.15, 0.2) is 0 Å². The molecular formula is C31H41N7O6. The average molecular weight is 608 g/mol. The molecule has 13 heteroatoms. The number of fused-ring (bicyclic) bond motifs is 1. The number of carboxylic acids is 1. The van der Waals surface area contributed by atoms with Gasteiger partial charge in [0.1, 0.15) is 18.1 Å². The molecule has 0 bridgehead atoms. The Bertz CT molecular complexity index is 1430. The minimum Gasteiger partial charge on any atom is -0.480 e. The van der Waals surface area contributed by atoms with Crippen LogP contribution in [0.1, 0.15) is 43.2 Å². The Morgan fingerprint density at radius 1 is 0.773 bits per heavy atom. The fraction of sp³-hybridized carbons (Fsp3) is 0.387. The van der Waals surface area contributed by atoms with Crippen molar-refractivity contribution in [3.8, 4) is 0 Å². The van der Waals surface area contributed by atoms with Crippen LogP contribution in [0.15, 0.2) is 60.8 Å². The summed E-state index contributed by atoms with van der Waals surface area (Å²) in [5.74, 6) is -3.83. The van der Waals surface area contributed by atoms with Crippen molar-refractivity contribution in [2.45, 2.75) is 69.1 Å². The molecular weight excluding hydrogens is 566 g/mol. The predicted octanol–water partition coefficient (Wildman–Crippen LogP) is 0.214. The minimum atomic E-state index is -1.20. The third-order valence-electron chi connectivity index (χ3n) is 7.25. The molecule has 0 aliphatic carbocycles. The van der Waals surface area contributed by atoms with E-state index in [9.17, 15) is 29.1 Å². The van der Waals surface area contributed by atoms with E-state index >= 15 is 0 Å². The Morgan fingerprint density at radius 3 is 2.05 bits per heavy atom. The summed E-state index contributed by atoms with van der Waals surface area (Å²) in [6.45, 7) is 0.392. The first kappa shape index (κ1) is 33.7. The predicted molar refractivity (Wildman–Crippen MR) is 165 cm³/mol. The fourth-order valence-corrected chi connectivity index (χ4v) is 4.79. The van der Waals surface area contributed by atoms with E-state index in [1.54, 1.807) is 30.5 Å². The number of nitrogens with one attached hydrogen (secondary N) is 4. The van der Waals surface area contributed by atoms with E-state index in [0.29, 0.717) is 19.4 Å². The molecule has 0 fully saturated rings. The van der Waals surface area contributed by atoms with Gasteiger partial charge in [-0.15, -0.1) is 0 Å². The number of carboxylic acid groups (broad SMARTS) is 1. The zero-order valence-electron chi connectivity index (χ0n) is 24.5. The Labute approximate surface area is 255 Å². The molecule has 0 spiro atoms. The van der Waals surface area contributed by atoms with Crippen LogP contribution in [0.25, 0.3) is 10.9 Å². The number of aromatic amines is 1. The standard InChI is InChI=1S/C31H41N7O6/c32-15-7-6-12-24(31(43)44)36-29(41)25(16-19-8-2-1-3-9-19)38-30(42)26(37-28(40)22(33)13-14-27(34)39)17-20-18-35-23-11-5-4-10-21(20)23/h1-5,8-11,18,22,24-26,35H,6-7,12-17,32-33H2,(H2,34,39)(H,36,41)(H,37,40)(H,38,42)(H,43,44). The summed E-state index contributed by atoms with van der Waals surface area (Å²) < 4.78 is 0. The normalized spacial score (nSPS) is 13.8. The Balaban J connectivity index is 1.86. The lowest BCUT2D eigenvalue weighted by atomic mass is 10.0. The van der Waals surface area contributed by atoms with Crippen LogP contribution in [0.5, 0.6) is 0 Å². The van der Waals surface area contributed by atoms with Crippen LogP contribution >= 0.6 is 0 Å². The minimum absolute atomic E-state index is 0.0115. The van der Waals surface area contributed by atoms with Crippen molar-refractivity contribution < 1.29 is 29.1 Å². The van der Waals surface area contributed by atoms with Crippen molar-refractivity contribution in [2.75, 3.05) is 6.54 Å². The van der Waals surface area contributed by atoms with E-state index in [1.165, 1.54) is 0 Å². The summed E-state index contributed by atoms with van der Waals surface area (Å²) in [5, 5.41) is 18.5. The van der Waals surface area contributed by atoms with Gasteiger partial charge in [-0.25, -0.2) is 4.79 Å². The fourth-order valence-electron chi connectivity index (χ4n) is 4.79. The third-order valence-corrected chi connectivity index (χ3v) is 7.25. The summed E-state index contributed by atoms with van der Waals surface area (Å²) in [7, 11) is 0. The molecule has 0 saturated carbocycles. The van der Waals surface area contributed by atoms with E-state index in [2.05, 4.69) is 20.9 Å². The van der Waals surface area contributed by atoms with E-state index in [-0.39, 0.29) is 32.1 Å². The summed E-state index contributed by atoms with van der Waals surface area (Å²) in [5.41, 5.74) is 19.0. The number of benzene rings is 2. The Morgan fingerprint density at radius 2 is 1.39 bits per heavy atom. The molecule has 2 aromatic carbocycles. The smallest absolute Gasteiger partial charge is 0.326 e. The Kier molecular flexibility index (Phi) is 12.9.